The van der Waals surface area contributed by atoms with Crippen molar-refractivity contribution < 1.29 is 8.42 Å². The van der Waals surface area contributed by atoms with Crippen LogP contribution in [0.25, 0.3) is 0 Å². The second kappa shape index (κ2) is 7.54. The zero-order valence-corrected chi connectivity index (χ0v) is 14.7. The smallest absolute Gasteiger partial charge is 0.244 e. The van der Waals surface area contributed by atoms with E-state index in [1.165, 1.54) is 0 Å². The van der Waals surface area contributed by atoms with E-state index >= 15 is 0 Å². The number of sulfonamides is 1. The molecule has 6 heteroatoms. The minimum atomic E-state index is -3.38. The van der Waals surface area contributed by atoms with Gasteiger partial charge in [-0.1, -0.05) is 20.8 Å². The molecule has 1 N–H and O–H groups in total. The van der Waals surface area contributed by atoms with Crippen molar-refractivity contribution in [2.75, 3.05) is 13.1 Å². The Morgan fingerprint density at radius 1 is 1.35 bits per heavy atom. The van der Waals surface area contributed by atoms with Gasteiger partial charge in [-0.05, 0) is 32.9 Å². The zero-order chi connectivity index (χ0) is 15.3. The highest BCUT2D eigenvalue weighted by Crippen LogP contribution is 2.29. The summed E-state index contributed by atoms with van der Waals surface area (Å²) in [5, 5.41) is 3.24. The lowest BCUT2D eigenvalue weighted by Gasteiger charge is -2.26. The summed E-state index contributed by atoms with van der Waals surface area (Å²) < 4.78 is 27.2. The van der Waals surface area contributed by atoms with Gasteiger partial charge in [0.1, 0.15) is 0 Å². The number of nitrogens with zero attached hydrogens (tertiary/aromatic N) is 1. The maximum absolute atomic E-state index is 12.8. The summed E-state index contributed by atoms with van der Waals surface area (Å²) in [5.74, 6) is 0. The Labute approximate surface area is 127 Å². The van der Waals surface area contributed by atoms with E-state index in [1.54, 1.807) is 15.6 Å². The van der Waals surface area contributed by atoms with Gasteiger partial charge in [0.15, 0.2) is 0 Å². The Bertz CT molecular complexity index is 523. The SMILES string of the molecule is CCNCc1cc(S(=O)(=O)N(CC)C(C)CC)c(C)s1. The first-order valence-electron chi connectivity index (χ1n) is 7.20. The van der Waals surface area contributed by atoms with Crippen LogP contribution in [0.5, 0.6) is 0 Å². The maximum Gasteiger partial charge on any atom is 0.244 e. The number of hydrogen-bond donors (Lipinski definition) is 1. The highest BCUT2D eigenvalue weighted by Gasteiger charge is 2.29. The molecule has 1 unspecified atom stereocenters. The van der Waals surface area contributed by atoms with Gasteiger partial charge in [-0.25, -0.2) is 8.42 Å². The second-order valence-corrected chi connectivity index (χ2v) is 8.08. The van der Waals surface area contributed by atoms with Crippen molar-refractivity contribution in [2.24, 2.45) is 0 Å². The quantitative estimate of drug-likeness (QED) is 0.801. The lowest BCUT2D eigenvalue weighted by Crippen LogP contribution is -2.38. The largest absolute Gasteiger partial charge is 0.312 e. The Hall–Kier alpha value is -0.430. The van der Waals surface area contributed by atoms with Crippen molar-refractivity contribution in [1.29, 1.82) is 0 Å². The van der Waals surface area contributed by atoms with Gasteiger partial charge in [0.2, 0.25) is 10.0 Å². The fraction of sp³-hybridized carbons (Fsp3) is 0.714. The third kappa shape index (κ3) is 3.81. The topological polar surface area (TPSA) is 49.4 Å². The molecule has 0 saturated carbocycles. The van der Waals surface area contributed by atoms with Crippen molar-refractivity contribution in [3.8, 4) is 0 Å². The van der Waals surface area contributed by atoms with Crippen molar-refractivity contribution >= 4 is 21.4 Å². The zero-order valence-electron chi connectivity index (χ0n) is 13.1. The summed E-state index contributed by atoms with van der Waals surface area (Å²) in [6.45, 7) is 11.9. The van der Waals surface area contributed by atoms with E-state index in [0.29, 0.717) is 11.4 Å². The predicted octanol–water partition coefficient (Wildman–Crippen LogP) is 2.98. The van der Waals surface area contributed by atoms with E-state index in [9.17, 15) is 8.42 Å². The average Bonchev–Trinajstić information content (AvgIpc) is 2.78. The van der Waals surface area contributed by atoms with Crippen LogP contribution in [-0.2, 0) is 16.6 Å². The van der Waals surface area contributed by atoms with E-state index in [-0.39, 0.29) is 6.04 Å². The van der Waals surface area contributed by atoms with Crippen LogP contribution in [0.2, 0.25) is 0 Å². The molecule has 0 aliphatic carbocycles. The van der Waals surface area contributed by atoms with Crippen LogP contribution in [-0.4, -0.2) is 31.9 Å². The van der Waals surface area contributed by atoms with Gasteiger partial charge in [0.25, 0.3) is 0 Å². The standard InChI is InChI=1S/C14H26N2O2S2/c1-6-11(4)16(8-3)20(17,18)14-9-13(10-15-7-2)19-12(14)5/h9,11,15H,6-8,10H2,1-5H3. The van der Waals surface area contributed by atoms with E-state index in [1.807, 2.05) is 40.7 Å². The Balaban J connectivity index is 3.11. The van der Waals surface area contributed by atoms with Gasteiger partial charge < -0.3 is 5.32 Å². The highest BCUT2D eigenvalue weighted by atomic mass is 32.2. The first kappa shape index (κ1) is 17.6. The van der Waals surface area contributed by atoms with Crippen LogP contribution in [0.3, 0.4) is 0 Å². The van der Waals surface area contributed by atoms with Crippen LogP contribution in [0.1, 0.15) is 43.9 Å². The van der Waals surface area contributed by atoms with Gasteiger partial charge in [0.05, 0.1) is 4.90 Å². The summed E-state index contributed by atoms with van der Waals surface area (Å²) in [4.78, 5) is 2.42. The molecule has 0 fully saturated rings. The molecular weight excluding hydrogens is 292 g/mol. The molecule has 0 bridgehead atoms. The lowest BCUT2D eigenvalue weighted by atomic mass is 10.3. The molecule has 0 amide bonds. The summed E-state index contributed by atoms with van der Waals surface area (Å²) >= 11 is 1.56. The van der Waals surface area contributed by atoms with E-state index < -0.39 is 10.0 Å². The van der Waals surface area contributed by atoms with Crippen LogP contribution >= 0.6 is 11.3 Å². The third-order valence-corrected chi connectivity index (χ3v) is 6.85. The summed E-state index contributed by atoms with van der Waals surface area (Å²) in [6, 6.07) is 1.85. The molecule has 116 valence electrons. The van der Waals surface area contributed by atoms with Crippen molar-refractivity contribution in [3.05, 3.63) is 15.8 Å². The number of thiophene rings is 1. The Kier molecular flexibility index (Phi) is 6.64. The summed E-state index contributed by atoms with van der Waals surface area (Å²) in [6.07, 6.45) is 0.820. The van der Waals surface area contributed by atoms with Crippen LogP contribution < -0.4 is 5.32 Å². The maximum atomic E-state index is 12.8. The van der Waals surface area contributed by atoms with Crippen LogP contribution in [0.15, 0.2) is 11.0 Å². The molecule has 1 atom stereocenters. The van der Waals surface area contributed by atoms with Gasteiger partial charge in [-0.15, -0.1) is 11.3 Å². The first-order valence-corrected chi connectivity index (χ1v) is 9.45. The molecule has 0 aromatic carbocycles. The number of hydrogen-bond acceptors (Lipinski definition) is 4. The minimum Gasteiger partial charge on any atom is -0.312 e. The van der Waals surface area contributed by atoms with Gasteiger partial charge in [-0.2, -0.15) is 4.31 Å². The Morgan fingerprint density at radius 2 is 2.00 bits per heavy atom. The molecular formula is C14H26N2O2S2. The molecule has 20 heavy (non-hydrogen) atoms. The molecule has 0 aliphatic heterocycles. The van der Waals surface area contributed by atoms with E-state index in [4.69, 9.17) is 0 Å². The molecule has 0 saturated heterocycles. The molecule has 0 spiro atoms. The number of nitrogens with one attached hydrogen (secondary N) is 1. The first-order chi connectivity index (χ1) is 9.38. The van der Waals surface area contributed by atoms with Gasteiger partial charge in [-0.3, -0.25) is 0 Å². The molecule has 0 radical (unpaired) electrons. The van der Waals surface area contributed by atoms with Crippen LogP contribution in [0.4, 0.5) is 0 Å². The highest BCUT2D eigenvalue weighted by molar-refractivity contribution is 7.89. The molecule has 1 heterocycles. The van der Waals surface area contributed by atoms with Crippen molar-refractivity contribution in [2.45, 2.75) is 58.5 Å². The molecule has 1 aromatic rings. The molecule has 1 aromatic heterocycles. The summed E-state index contributed by atoms with van der Waals surface area (Å²) in [5.41, 5.74) is 0. The molecule has 1 rings (SSSR count). The number of aryl methyl sites for hydroxylation is 1. The normalized spacial score (nSPS) is 13.9. The molecule has 0 aliphatic rings. The monoisotopic (exact) mass is 318 g/mol. The lowest BCUT2D eigenvalue weighted by molar-refractivity contribution is 0.342. The summed E-state index contributed by atoms with van der Waals surface area (Å²) in [7, 11) is -3.38. The Morgan fingerprint density at radius 3 is 2.50 bits per heavy atom. The van der Waals surface area contributed by atoms with E-state index in [0.717, 1.165) is 29.3 Å². The molecule has 4 nitrogen and oxygen atoms in total. The van der Waals surface area contributed by atoms with Gasteiger partial charge >= 0.3 is 0 Å². The average molecular weight is 319 g/mol. The fourth-order valence-electron chi connectivity index (χ4n) is 2.16. The van der Waals surface area contributed by atoms with Gasteiger partial charge in [0, 0.05) is 28.9 Å². The number of rotatable bonds is 8. The van der Waals surface area contributed by atoms with Crippen LogP contribution in [0, 0.1) is 6.92 Å². The second-order valence-electron chi connectivity index (χ2n) is 4.88. The minimum absolute atomic E-state index is 0.0292. The predicted molar refractivity (Wildman–Crippen MR) is 85.8 cm³/mol. The fourth-order valence-corrected chi connectivity index (χ4v) is 5.45. The van der Waals surface area contributed by atoms with Crippen molar-refractivity contribution in [1.82, 2.24) is 9.62 Å². The third-order valence-electron chi connectivity index (χ3n) is 3.45. The van der Waals surface area contributed by atoms with E-state index in [2.05, 4.69) is 5.32 Å². The van der Waals surface area contributed by atoms with Crippen molar-refractivity contribution in [3.63, 3.8) is 0 Å².